The fourth-order valence-corrected chi connectivity index (χ4v) is 1.12. The molecule has 3 nitrogen and oxygen atoms in total. The van der Waals surface area contributed by atoms with E-state index in [-0.39, 0.29) is 17.0 Å². The van der Waals surface area contributed by atoms with Crippen molar-refractivity contribution in [1.82, 2.24) is 0 Å². The summed E-state index contributed by atoms with van der Waals surface area (Å²) < 4.78 is 43.3. The molecular formula is C12H11BO3. The van der Waals surface area contributed by atoms with Gasteiger partial charge in [-0.15, -0.1) is 0 Å². The second-order valence-electron chi connectivity index (χ2n) is 3.00. The molecule has 0 aliphatic rings. The van der Waals surface area contributed by atoms with Gasteiger partial charge in [-0.2, -0.15) is 0 Å². The highest BCUT2D eigenvalue weighted by Gasteiger charge is 2.09. The molecule has 0 unspecified atom stereocenters. The van der Waals surface area contributed by atoms with Crippen LogP contribution in [0.1, 0.15) is 6.85 Å². The molecular weight excluding hydrogens is 203 g/mol. The van der Waals surface area contributed by atoms with Crippen molar-refractivity contribution in [3.63, 3.8) is 0 Å². The van der Waals surface area contributed by atoms with Crippen molar-refractivity contribution in [3.05, 3.63) is 54.5 Å². The topological polar surface area (TPSA) is 49.7 Å². The van der Waals surface area contributed by atoms with Gasteiger partial charge in [0.05, 0.1) is 6.85 Å². The smallest absolute Gasteiger partial charge is 0.457 e. The van der Waals surface area contributed by atoms with Crippen molar-refractivity contribution < 1.29 is 21.6 Å². The minimum atomic E-state index is -1.61. The fraction of sp³-hybridized carbons (Fsp3) is 0. The van der Waals surface area contributed by atoms with Gasteiger partial charge in [-0.25, -0.2) is 0 Å². The molecule has 4 heteroatoms. The molecule has 0 bridgehead atoms. The Kier molecular flexibility index (Phi) is 1.84. The Morgan fingerprint density at radius 2 is 1.56 bits per heavy atom. The third-order valence-electron chi connectivity index (χ3n) is 1.88. The van der Waals surface area contributed by atoms with E-state index >= 15 is 0 Å². The zero-order valence-corrected chi connectivity index (χ0v) is 8.19. The number of benzene rings is 2. The summed E-state index contributed by atoms with van der Waals surface area (Å²) in [6, 6.07) is 3.30. The number of rotatable bonds is 3. The molecule has 0 aromatic heterocycles. The monoisotopic (exact) mass is 219 g/mol. The predicted molar refractivity (Wildman–Crippen MR) is 62.8 cm³/mol. The predicted octanol–water partition coefficient (Wildman–Crippen LogP) is 1.16. The van der Waals surface area contributed by atoms with Gasteiger partial charge in [0, 0.05) is 0 Å². The molecule has 0 spiro atoms. The van der Waals surface area contributed by atoms with Gasteiger partial charge >= 0.3 is 7.12 Å². The number of hydrogen-bond donors (Lipinski definition) is 2. The second-order valence-corrected chi connectivity index (χ2v) is 3.00. The summed E-state index contributed by atoms with van der Waals surface area (Å²) in [4.78, 5) is 0. The van der Waals surface area contributed by atoms with Crippen molar-refractivity contribution >= 4 is 12.6 Å². The van der Waals surface area contributed by atoms with Gasteiger partial charge in [0.25, 0.3) is 0 Å². The van der Waals surface area contributed by atoms with E-state index in [0.29, 0.717) is 0 Å². The molecule has 0 amide bonds. The van der Waals surface area contributed by atoms with Crippen LogP contribution in [0.25, 0.3) is 0 Å². The molecule has 2 aromatic carbocycles. The lowest BCUT2D eigenvalue weighted by Crippen LogP contribution is -2.29. The van der Waals surface area contributed by atoms with Crippen LogP contribution in [0.4, 0.5) is 0 Å². The summed E-state index contributed by atoms with van der Waals surface area (Å²) in [5, 5.41) is 18.0. The molecule has 2 aromatic rings. The molecule has 0 heterocycles. The van der Waals surface area contributed by atoms with Gasteiger partial charge in [0.1, 0.15) is 11.5 Å². The van der Waals surface area contributed by atoms with E-state index in [2.05, 4.69) is 0 Å². The van der Waals surface area contributed by atoms with Crippen molar-refractivity contribution in [2.24, 2.45) is 0 Å². The van der Waals surface area contributed by atoms with Crippen LogP contribution in [0, 0.1) is 0 Å². The van der Waals surface area contributed by atoms with Gasteiger partial charge in [-0.1, -0.05) is 30.3 Å². The standard InChI is InChI=1S/C12H11BO3/c14-13(15)10-6-8-12(9-7-10)16-11-4-2-1-3-5-11/h1-9,14-15H/i1D,2D,3D,4D,5D. The van der Waals surface area contributed by atoms with E-state index in [1.807, 2.05) is 0 Å². The quantitative estimate of drug-likeness (QED) is 0.761. The van der Waals surface area contributed by atoms with Crippen molar-refractivity contribution in [2.75, 3.05) is 0 Å². The Bertz CT molecular complexity index is 647. The third kappa shape index (κ3) is 2.62. The van der Waals surface area contributed by atoms with Crippen LogP contribution in [0.3, 0.4) is 0 Å². The normalized spacial score (nSPS) is 14.2. The summed E-state index contributed by atoms with van der Waals surface area (Å²) in [5.74, 6) is -0.0590. The maximum Gasteiger partial charge on any atom is 0.488 e. The molecule has 2 rings (SSSR count). The van der Waals surface area contributed by atoms with Gasteiger partial charge < -0.3 is 14.8 Å². The fourth-order valence-electron chi connectivity index (χ4n) is 1.12. The molecule has 0 saturated carbocycles. The lowest BCUT2D eigenvalue weighted by Gasteiger charge is -2.06. The van der Waals surface area contributed by atoms with E-state index in [1.165, 1.54) is 24.3 Å². The molecule has 0 saturated heterocycles. The van der Waals surface area contributed by atoms with Crippen LogP contribution in [0.5, 0.6) is 11.5 Å². The zero-order valence-electron chi connectivity index (χ0n) is 13.2. The number of hydrogen-bond acceptors (Lipinski definition) is 3. The number of para-hydroxylation sites is 1. The van der Waals surface area contributed by atoms with Gasteiger partial charge in [-0.3, -0.25) is 0 Å². The lowest BCUT2D eigenvalue weighted by molar-refractivity contribution is 0.425. The molecule has 0 atom stereocenters. The maximum atomic E-state index is 8.98. The summed E-state index contributed by atoms with van der Waals surface area (Å²) in [6.07, 6.45) is 0. The van der Waals surface area contributed by atoms with Crippen molar-refractivity contribution in [1.29, 1.82) is 0 Å². The van der Waals surface area contributed by atoms with Crippen LogP contribution >= 0.6 is 0 Å². The van der Waals surface area contributed by atoms with Crippen molar-refractivity contribution in [3.8, 4) is 11.5 Å². The summed E-state index contributed by atoms with van der Waals surface area (Å²) >= 11 is 0. The van der Waals surface area contributed by atoms with Crippen LogP contribution in [0.2, 0.25) is 0 Å². The Morgan fingerprint density at radius 1 is 0.938 bits per heavy atom. The average Bonchev–Trinajstić information content (AvgIpc) is 2.48. The third-order valence-corrected chi connectivity index (χ3v) is 1.88. The van der Waals surface area contributed by atoms with E-state index < -0.39 is 37.3 Å². The Hall–Kier alpha value is -1.78. The highest BCUT2D eigenvalue weighted by Crippen LogP contribution is 2.19. The zero-order chi connectivity index (χ0) is 15.7. The minimum Gasteiger partial charge on any atom is -0.457 e. The Morgan fingerprint density at radius 3 is 2.12 bits per heavy atom. The Labute approximate surface area is 101 Å². The van der Waals surface area contributed by atoms with Gasteiger partial charge in [0.2, 0.25) is 0 Å². The molecule has 0 fully saturated rings. The first-order valence-electron chi connectivity index (χ1n) is 7.03. The molecule has 80 valence electrons. The maximum absolute atomic E-state index is 8.98. The molecule has 2 N–H and O–H groups in total. The van der Waals surface area contributed by atoms with Crippen LogP contribution in [-0.4, -0.2) is 17.2 Å². The molecule has 0 aliphatic heterocycles. The van der Waals surface area contributed by atoms with Crippen LogP contribution in [0.15, 0.2) is 54.5 Å². The van der Waals surface area contributed by atoms with E-state index in [1.54, 1.807) is 0 Å². The first-order chi connectivity index (χ1) is 9.82. The molecule has 16 heavy (non-hydrogen) atoms. The first-order valence-corrected chi connectivity index (χ1v) is 4.53. The SMILES string of the molecule is [2H]c1c([2H])c([2H])c(Oc2ccc(B(O)O)cc2)c([2H])c1[2H]. The van der Waals surface area contributed by atoms with Crippen LogP contribution < -0.4 is 10.2 Å². The average molecular weight is 219 g/mol. The highest BCUT2D eigenvalue weighted by molar-refractivity contribution is 6.58. The minimum absolute atomic E-state index is 0.220. The van der Waals surface area contributed by atoms with Crippen LogP contribution in [-0.2, 0) is 0 Å². The summed E-state index contributed by atoms with van der Waals surface area (Å²) in [6.45, 7) is 0. The van der Waals surface area contributed by atoms with Crippen molar-refractivity contribution in [2.45, 2.75) is 0 Å². The Balaban J connectivity index is 2.40. The number of ether oxygens (including phenoxy) is 1. The van der Waals surface area contributed by atoms with E-state index in [0.717, 1.165) is 0 Å². The van der Waals surface area contributed by atoms with E-state index in [4.69, 9.17) is 21.6 Å². The highest BCUT2D eigenvalue weighted by atomic mass is 16.5. The summed E-state index contributed by atoms with van der Waals surface area (Å²) in [7, 11) is -1.61. The second kappa shape index (κ2) is 4.83. The largest absolute Gasteiger partial charge is 0.488 e. The molecule has 0 radical (unpaired) electrons. The van der Waals surface area contributed by atoms with Gasteiger partial charge in [-0.05, 0) is 29.7 Å². The molecule has 0 aliphatic carbocycles. The summed E-state index contributed by atoms with van der Waals surface area (Å²) in [5.41, 5.74) is 0.253. The lowest BCUT2D eigenvalue weighted by atomic mass is 9.80. The van der Waals surface area contributed by atoms with Gasteiger partial charge in [0.15, 0.2) is 0 Å². The first kappa shape index (κ1) is 6.08. The van der Waals surface area contributed by atoms with E-state index in [9.17, 15) is 0 Å².